The first-order valence-corrected chi connectivity index (χ1v) is 7.13. The molecule has 5 heteroatoms. The van der Waals surface area contributed by atoms with Gasteiger partial charge in [0.15, 0.2) is 0 Å². The SMILES string of the molecule is CC(CCNc1cc(C(=O)O)c(Cl)cn1)c1ccccc1. The summed E-state index contributed by atoms with van der Waals surface area (Å²) in [6.45, 7) is 2.87. The van der Waals surface area contributed by atoms with Crippen molar-refractivity contribution in [2.45, 2.75) is 19.3 Å². The summed E-state index contributed by atoms with van der Waals surface area (Å²) in [6.07, 6.45) is 2.28. The predicted octanol–water partition coefficient (Wildman–Crippen LogP) is 4.04. The molecule has 1 heterocycles. The van der Waals surface area contributed by atoms with E-state index >= 15 is 0 Å². The Morgan fingerprint density at radius 3 is 2.76 bits per heavy atom. The monoisotopic (exact) mass is 304 g/mol. The van der Waals surface area contributed by atoms with Crippen LogP contribution in [0, 0.1) is 0 Å². The molecule has 2 aromatic rings. The molecule has 2 N–H and O–H groups in total. The highest BCUT2D eigenvalue weighted by Crippen LogP contribution is 2.20. The van der Waals surface area contributed by atoms with Crippen molar-refractivity contribution in [2.75, 3.05) is 11.9 Å². The van der Waals surface area contributed by atoms with Gasteiger partial charge < -0.3 is 10.4 Å². The lowest BCUT2D eigenvalue weighted by Gasteiger charge is -2.13. The van der Waals surface area contributed by atoms with Crippen LogP contribution < -0.4 is 5.32 Å². The number of pyridine rings is 1. The first kappa shape index (κ1) is 15.3. The van der Waals surface area contributed by atoms with Gasteiger partial charge in [0, 0.05) is 12.7 Å². The van der Waals surface area contributed by atoms with Crippen molar-refractivity contribution in [3.8, 4) is 0 Å². The maximum atomic E-state index is 11.0. The first-order chi connectivity index (χ1) is 10.1. The van der Waals surface area contributed by atoms with E-state index in [0.29, 0.717) is 18.3 Å². The number of aromatic nitrogens is 1. The summed E-state index contributed by atoms with van der Waals surface area (Å²) in [7, 11) is 0. The summed E-state index contributed by atoms with van der Waals surface area (Å²) in [6, 6.07) is 11.7. The third kappa shape index (κ3) is 4.20. The maximum Gasteiger partial charge on any atom is 0.337 e. The number of nitrogens with zero attached hydrogens (tertiary/aromatic N) is 1. The second kappa shape index (κ2) is 7.09. The lowest BCUT2D eigenvalue weighted by atomic mass is 9.98. The normalized spacial score (nSPS) is 11.9. The molecule has 1 atom stereocenters. The van der Waals surface area contributed by atoms with Crippen molar-refractivity contribution in [1.29, 1.82) is 0 Å². The maximum absolute atomic E-state index is 11.0. The number of rotatable bonds is 6. The van der Waals surface area contributed by atoms with Crippen LogP contribution in [-0.4, -0.2) is 22.6 Å². The zero-order valence-electron chi connectivity index (χ0n) is 11.7. The van der Waals surface area contributed by atoms with E-state index < -0.39 is 5.97 Å². The number of halogens is 1. The van der Waals surface area contributed by atoms with Gasteiger partial charge in [-0.15, -0.1) is 0 Å². The molecule has 4 nitrogen and oxygen atoms in total. The number of anilines is 1. The number of benzene rings is 1. The lowest BCUT2D eigenvalue weighted by molar-refractivity contribution is 0.0697. The van der Waals surface area contributed by atoms with Gasteiger partial charge in [-0.2, -0.15) is 0 Å². The van der Waals surface area contributed by atoms with Gasteiger partial charge in [0.1, 0.15) is 5.82 Å². The molecule has 0 aliphatic rings. The number of hydrogen-bond acceptors (Lipinski definition) is 3. The zero-order chi connectivity index (χ0) is 15.2. The Labute approximate surface area is 128 Å². The van der Waals surface area contributed by atoms with E-state index in [2.05, 4.69) is 29.4 Å². The van der Waals surface area contributed by atoms with Crippen LogP contribution in [0.25, 0.3) is 0 Å². The smallest absolute Gasteiger partial charge is 0.337 e. The fourth-order valence-electron chi connectivity index (χ4n) is 2.06. The molecule has 110 valence electrons. The van der Waals surface area contributed by atoms with E-state index in [1.165, 1.54) is 17.8 Å². The Morgan fingerprint density at radius 2 is 2.10 bits per heavy atom. The predicted molar refractivity (Wildman–Crippen MR) is 84.2 cm³/mol. The van der Waals surface area contributed by atoms with E-state index in [0.717, 1.165) is 6.42 Å². The van der Waals surface area contributed by atoms with Crippen molar-refractivity contribution in [3.63, 3.8) is 0 Å². The number of nitrogens with one attached hydrogen (secondary N) is 1. The second-order valence-corrected chi connectivity index (χ2v) is 5.29. The van der Waals surface area contributed by atoms with Crippen molar-refractivity contribution >= 4 is 23.4 Å². The standard InChI is InChI=1S/C16H17ClN2O2/c1-11(12-5-3-2-4-6-12)7-8-18-15-9-13(16(20)21)14(17)10-19-15/h2-6,9-11H,7-8H2,1H3,(H,18,19)(H,20,21). The molecule has 1 unspecified atom stereocenters. The van der Waals surface area contributed by atoms with E-state index in [9.17, 15) is 4.79 Å². The number of aromatic carboxylic acids is 1. The number of carbonyl (C=O) groups is 1. The van der Waals surface area contributed by atoms with Crippen LogP contribution in [0.1, 0.15) is 35.2 Å². The van der Waals surface area contributed by atoms with Gasteiger partial charge in [0.2, 0.25) is 0 Å². The molecule has 0 saturated carbocycles. The lowest BCUT2D eigenvalue weighted by Crippen LogP contribution is -2.08. The topological polar surface area (TPSA) is 62.2 Å². The van der Waals surface area contributed by atoms with Gasteiger partial charge >= 0.3 is 5.97 Å². The summed E-state index contributed by atoms with van der Waals surface area (Å²) in [5.41, 5.74) is 1.35. The molecule has 0 fully saturated rings. The van der Waals surface area contributed by atoms with Gasteiger partial charge in [-0.25, -0.2) is 9.78 Å². The summed E-state index contributed by atoms with van der Waals surface area (Å²) in [4.78, 5) is 15.1. The van der Waals surface area contributed by atoms with E-state index in [-0.39, 0.29) is 10.6 Å². The molecule has 0 aliphatic heterocycles. The van der Waals surface area contributed by atoms with E-state index in [4.69, 9.17) is 16.7 Å². The van der Waals surface area contributed by atoms with Gasteiger partial charge in [-0.3, -0.25) is 0 Å². The molecule has 0 saturated heterocycles. The van der Waals surface area contributed by atoms with Crippen LogP contribution >= 0.6 is 11.6 Å². The van der Waals surface area contributed by atoms with E-state index in [1.54, 1.807) is 0 Å². The Kier molecular flexibility index (Phi) is 5.17. The number of carboxylic acids is 1. The summed E-state index contributed by atoms with van der Waals surface area (Å²) in [5, 5.41) is 12.3. The molecular weight excluding hydrogens is 288 g/mol. The second-order valence-electron chi connectivity index (χ2n) is 4.88. The highest BCUT2D eigenvalue weighted by molar-refractivity contribution is 6.33. The summed E-state index contributed by atoms with van der Waals surface area (Å²) in [5.74, 6) is -0.106. The first-order valence-electron chi connectivity index (χ1n) is 6.75. The molecule has 0 radical (unpaired) electrons. The molecule has 2 rings (SSSR count). The van der Waals surface area contributed by atoms with Crippen LogP contribution in [0.4, 0.5) is 5.82 Å². The van der Waals surface area contributed by atoms with Crippen LogP contribution in [0.3, 0.4) is 0 Å². The Hall–Kier alpha value is -2.07. The third-order valence-electron chi connectivity index (χ3n) is 3.34. The molecule has 0 aliphatic carbocycles. The molecule has 1 aromatic heterocycles. The summed E-state index contributed by atoms with van der Waals surface area (Å²) >= 11 is 5.78. The Morgan fingerprint density at radius 1 is 1.38 bits per heavy atom. The number of carboxylic acid groups (broad SMARTS) is 1. The molecule has 0 amide bonds. The average molecular weight is 305 g/mol. The van der Waals surface area contributed by atoms with Gasteiger partial charge in [0.05, 0.1) is 10.6 Å². The number of hydrogen-bond donors (Lipinski definition) is 2. The average Bonchev–Trinajstić information content (AvgIpc) is 2.49. The van der Waals surface area contributed by atoms with Crippen molar-refractivity contribution in [2.24, 2.45) is 0 Å². The summed E-state index contributed by atoms with van der Waals surface area (Å²) < 4.78 is 0. The highest BCUT2D eigenvalue weighted by Gasteiger charge is 2.10. The van der Waals surface area contributed by atoms with Crippen LogP contribution in [0.5, 0.6) is 0 Å². The van der Waals surface area contributed by atoms with Crippen molar-refractivity contribution in [1.82, 2.24) is 4.98 Å². The van der Waals surface area contributed by atoms with E-state index in [1.807, 2.05) is 18.2 Å². The van der Waals surface area contributed by atoms with Gasteiger partial charge in [0.25, 0.3) is 0 Å². The minimum atomic E-state index is -1.05. The largest absolute Gasteiger partial charge is 0.478 e. The molecular formula is C16H17ClN2O2. The minimum absolute atomic E-state index is 0.0604. The molecule has 21 heavy (non-hydrogen) atoms. The minimum Gasteiger partial charge on any atom is -0.478 e. The van der Waals surface area contributed by atoms with Crippen LogP contribution in [0.15, 0.2) is 42.6 Å². The van der Waals surface area contributed by atoms with Gasteiger partial charge in [-0.05, 0) is 24.0 Å². The third-order valence-corrected chi connectivity index (χ3v) is 3.64. The van der Waals surface area contributed by atoms with Crippen molar-refractivity contribution in [3.05, 3.63) is 58.7 Å². The van der Waals surface area contributed by atoms with Gasteiger partial charge in [-0.1, -0.05) is 48.9 Å². The fraction of sp³-hybridized carbons (Fsp3) is 0.250. The van der Waals surface area contributed by atoms with Crippen molar-refractivity contribution < 1.29 is 9.90 Å². The molecule has 1 aromatic carbocycles. The van der Waals surface area contributed by atoms with Crippen LogP contribution in [-0.2, 0) is 0 Å². The molecule has 0 spiro atoms. The fourth-order valence-corrected chi connectivity index (χ4v) is 2.25. The zero-order valence-corrected chi connectivity index (χ0v) is 12.5. The Balaban J connectivity index is 1.92. The molecule has 0 bridgehead atoms. The Bertz CT molecular complexity index is 617. The quantitative estimate of drug-likeness (QED) is 0.845. The van der Waals surface area contributed by atoms with Crippen LogP contribution in [0.2, 0.25) is 5.02 Å². The highest BCUT2D eigenvalue weighted by atomic mass is 35.5.